The Labute approximate surface area is 182 Å². The number of hydrogen-bond acceptors (Lipinski definition) is 4. The maximum absolute atomic E-state index is 15.5. The average Bonchev–Trinajstić information content (AvgIpc) is 2.67. The second kappa shape index (κ2) is 8.13. The number of aliphatic hydroxyl groups is 1. The first-order valence-corrected chi connectivity index (χ1v) is 10.2. The van der Waals surface area contributed by atoms with Crippen LogP contribution in [0.3, 0.4) is 0 Å². The minimum Gasteiger partial charge on any atom is -0.417 e. The Balaban J connectivity index is 2.87. The van der Waals surface area contributed by atoms with E-state index < -0.39 is 71.8 Å². The molecule has 4 nitrogen and oxygen atoms in total. The molecule has 0 aromatic heterocycles. The number of carbonyl (C=O) groups is 1. The fourth-order valence-electron chi connectivity index (χ4n) is 4.10. The van der Waals surface area contributed by atoms with Crippen molar-refractivity contribution in [1.29, 1.82) is 0 Å². The molecule has 1 saturated carbocycles. The van der Waals surface area contributed by atoms with E-state index in [1.54, 1.807) is 0 Å². The molecule has 0 aromatic carbocycles. The van der Waals surface area contributed by atoms with E-state index in [2.05, 4.69) is 9.47 Å². The van der Waals surface area contributed by atoms with Gasteiger partial charge in [0.05, 0.1) is 5.41 Å². The summed E-state index contributed by atoms with van der Waals surface area (Å²) in [6, 6.07) is 0. The third-order valence-electron chi connectivity index (χ3n) is 6.55. The van der Waals surface area contributed by atoms with Crippen LogP contribution in [0.25, 0.3) is 0 Å². The first-order valence-electron chi connectivity index (χ1n) is 10.2. The molecule has 14 heteroatoms. The average molecular weight is 506 g/mol. The van der Waals surface area contributed by atoms with E-state index in [9.17, 15) is 45.0 Å². The van der Waals surface area contributed by atoms with Gasteiger partial charge in [-0.15, -0.1) is 0 Å². The topological polar surface area (TPSA) is 55.8 Å². The van der Waals surface area contributed by atoms with Crippen molar-refractivity contribution < 1.29 is 63.3 Å². The number of esters is 1. The molecule has 1 aliphatic carbocycles. The van der Waals surface area contributed by atoms with Gasteiger partial charge in [-0.1, -0.05) is 26.2 Å². The van der Waals surface area contributed by atoms with Crippen LogP contribution in [0.5, 0.6) is 0 Å². The maximum atomic E-state index is 15.5. The Morgan fingerprint density at radius 2 is 1.48 bits per heavy atom. The van der Waals surface area contributed by atoms with Crippen LogP contribution in [-0.4, -0.2) is 52.8 Å². The number of ether oxygens (including phenoxy) is 2. The van der Waals surface area contributed by atoms with E-state index in [1.165, 1.54) is 6.92 Å². The highest BCUT2D eigenvalue weighted by Crippen LogP contribution is 2.65. The van der Waals surface area contributed by atoms with Gasteiger partial charge in [-0.25, -0.2) is 0 Å². The summed E-state index contributed by atoms with van der Waals surface area (Å²) in [5.74, 6) is -22.4. The highest BCUT2D eigenvalue weighted by atomic mass is 19.4. The molecule has 0 aromatic rings. The van der Waals surface area contributed by atoms with Crippen LogP contribution in [-0.2, 0) is 14.3 Å². The van der Waals surface area contributed by atoms with Crippen LogP contribution in [0.15, 0.2) is 0 Å². The minimum absolute atomic E-state index is 0.0989. The van der Waals surface area contributed by atoms with E-state index in [4.69, 9.17) is 0 Å². The molecular weight excluding hydrogens is 482 g/mol. The quantitative estimate of drug-likeness (QED) is 0.389. The highest BCUT2D eigenvalue weighted by Gasteiger charge is 2.93. The van der Waals surface area contributed by atoms with E-state index >= 15 is 8.78 Å². The van der Waals surface area contributed by atoms with Crippen LogP contribution < -0.4 is 0 Å². The monoisotopic (exact) mass is 506 g/mol. The summed E-state index contributed by atoms with van der Waals surface area (Å²) in [5.41, 5.74) is -7.13. The van der Waals surface area contributed by atoms with Crippen LogP contribution in [0.1, 0.15) is 59.3 Å². The summed E-state index contributed by atoms with van der Waals surface area (Å²) in [7, 11) is 0. The molecule has 0 radical (unpaired) electrons. The SMILES string of the molecule is CCC(C)(C)C(=O)OC1(C(F)(F)F)OC(C(F)(F)F)C(F)(F)C(O)(C2CCCCC2)C1(F)F. The molecule has 33 heavy (non-hydrogen) atoms. The van der Waals surface area contributed by atoms with Gasteiger partial charge in [-0.3, -0.25) is 4.79 Å². The van der Waals surface area contributed by atoms with Gasteiger partial charge >= 0.3 is 36.0 Å². The number of halogens is 10. The van der Waals surface area contributed by atoms with E-state index in [0.29, 0.717) is 0 Å². The number of carbonyl (C=O) groups excluding carboxylic acids is 1. The zero-order valence-corrected chi connectivity index (χ0v) is 17.8. The van der Waals surface area contributed by atoms with Gasteiger partial charge in [0, 0.05) is 5.92 Å². The zero-order chi connectivity index (χ0) is 25.9. The lowest BCUT2D eigenvalue weighted by Gasteiger charge is -2.58. The van der Waals surface area contributed by atoms with Crippen molar-refractivity contribution in [2.75, 3.05) is 0 Å². The number of alkyl halides is 10. The highest BCUT2D eigenvalue weighted by molar-refractivity contribution is 5.76. The molecule has 0 amide bonds. The Morgan fingerprint density at radius 1 is 1.00 bits per heavy atom. The predicted molar refractivity (Wildman–Crippen MR) is 91.3 cm³/mol. The Bertz CT molecular complexity index is 742. The van der Waals surface area contributed by atoms with Gasteiger partial charge in [0.15, 0.2) is 0 Å². The molecule has 194 valence electrons. The van der Waals surface area contributed by atoms with E-state index in [0.717, 1.165) is 13.8 Å². The normalized spacial score (nSPS) is 33.6. The molecule has 3 unspecified atom stereocenters. The van der Waals surface area contributed by atoms with Crippen molar-refractivity contribution in [3.8, 4) is 0 Å². The van der Waals surface area contributed by atoms with Crippen LogP contribution in [0.4, 0.5) is 43.9 Å². The summed E-state index contributed by atoms with van der Waals surface area (Å²) in [6.45, 7) is 3.14. The lowest BCUT2D eigenvalue weighted by atomic mass is 9.65. The van der Waals surface area contributed by atoms with Crippen molar-refractivity contribution in [3.63, 3.8) is 0 Å². The van der Waals surface area contributed by atoms with Crippen LogP contribution in [0, 0.1) is 11.3 Å². The molecule has 2 rings (SSSR count). The van der Waals surface area contributed by atoms with Gasteiger partial charge in [0.1, 0.15) is 0 Å². The molecule has 2 aliphatic rings. The van der Waals surface area contributed by atoms with Crippen molar-refractivity contribution in [3.05, 3.63) is 0 Å². The Morgan fingerprint density at radius 3 is 1.88 bits per heavy atom. The second-order valence-corrected chi connectivity index (χ2v) is 9.08. The molecular formula is C19H24F10O4. The smallest absolute Gasteiger partial charge is 0.417 e. The molecule has 1 aliphatic heterocycles. The van der Waals surface area contributed by atoms with Gasteiger partial charge in [0.25, 0.3) is 0 Å². The predicted octanol–water partition coefficient (Wildman–Crippen LogP) is 5.77. The van der Waals surface area contributed by atoms with E-state index in [1.807, 2.05) is 0 Å². The summed E-state index contributed by atoms with van der Waals surface area (Å²) >= 11 is 0. The van der Waals surface area contributed by atoms with Gasteiger partial charge in [-0.05, 0) is 33.1 Å². The summed E-state index contributed by atoms with van der Waals surface area (Å²) in [6.07, 6.45) is -19.4. The zero-order valence-electron chi connectivity index (χ0n) is 17.8. The summed E-state index contributed by atoms with van der Waals surface area (Å²) in [5, 5.41) is 10.6. The Hall–Kier alpha value is -1.31. The first kappa shape index (κ1) is 27.9. The van der Waals surface area contributed by atoms with Gasteiger partial charge < -0.3 is 14.6 Å². The third kappa shape index (κ3) is 3.98. The lowest BCUT2D eigenvalue weighted by molar-refractivity contribution is -0.538. The number of rotatable bonds is 4. The largest absolute Gasteiger partial charge is 0.462 e. The van der Waals surface area contributed by atoms with Crippen LogP contribution in [0.2, 0.25) is 0 Å². The molecule has 1 N–H and O–H groups in total. The van der Waals surface area contributed by atoms with Crippen molar-refractivity contribution >= 4 is 5.97 Å². The fraction of sp³-hybridized carbons (Fsp3) is 0.947. The van der Waals surface area contributed by atoms with E-state index in [-0.39, 0.29) is 25.7 Å². The molecule has 3 atom stereocenters. The number of hydrogen-bond donors (Lipinski definition) is 1. The second-order valence-electron chi connectivity index (χ2n) is 9.08. The van der Waals surface area contributed by atoms with Crippen molar-refractivity contribution in [2.24, 2.45) is 11.3 Å². The minimum atomic E-state index is -6.64. The summed E-state index contributed by atoms with van der Waals surface area (Å²) in [4.78, 5) is 12.3. The standard InChI is InChI=1S/C19H24F10O4/c1-4-13(2,3)12(30)33-18(19(27,28)29)17(25,26)14(31,10-8-6-5-7-9-10)15(20,21)11(32-18)16(22,23)24/h10-11,31H,4-9H2,1-3H3. The van der Waals surface area contributed by atoms with Crippen molar-refractivity contribution in [2.45, 2.75) is 101 Å². The Kier molecular flexibility index (Phi) is 6.88. The third-order valence-corrected chi connectivity index (χ3v) is 6.55. The van der Waals surface area contributed by atoms with Crippen LogP contribution >= 0.6 is 0 Å². The van der Waals surface area contributed by atoms with Crippen molar-refractivity contribution in [1.82, 2.24) is 0 Å². The maximum Gasteiger partial charge on any atom is 0.462 e. The molecule has 1 saturated heterocycles. The molecule has 0 bridgehead atoms. The van der Waals surface area contributed by atoms with Gasteiger partial charge in [0.2, 0.25) is 11.7 Å². The molecule has 0 spiro atoms. The molecule has 2 fully saturated rings. The van der Waals surface area contributed by atoms with Gasteiger partial charge in [-0.2, -0.15) is 43.9 Å². The summed E-state index contributed by atoms with van der Waals surface area (Å²) < 4.78 is 151. The lowest BCUT2D eigenvalue weighted by Crippen LogP contribution is -2.85. The molecule has 1 heterocycles. The first-order chi connectivity index (χ1) is 14.6. The fourth-order valence-corrected chi connectivity index (χ4v) is 4.10.